The highest BCUT2D eigenvalue weighted by atomic mass is 19.3. The molecule has 1 aromatic rings. The van der Waals surface area contributed by atoms with Crippen molar-refractivity contribution in [1.29, 1.82) is 0 Å². The SMILES string of the molecule is CC(N)CCN(C)CC(F)(F)c1ccccc1. The molecule has 96 valence electrons. The van der Waals surface area contributed by atoms with Crippen LogP contribution in [0.5, 0.6) is 0 Å². The summed E-state index contributed by atoms with van der Waals surface area (Å²) in [5.74, 6) is -2.81. The first-order valence-corrected chi connectivity index (χ1v) is 5.79. The van der Waals surface area contributed by atoms with Gasteiger partial charge in [0, 0.05) is 11.6 Å². The molecule has 1 unspecified atom stereocenters. The molecule has 0 radical (unpaired) electrons. The van der Waals surface area contributed by atoms with Gasteiger partial charge in [0.1, 0.15) is 0 Å². The average Bonchev–Trinajstić information content (AvgIpc) is 2.27. The van der Waals surface area contributed by atoms with Crippen molar-refractivity contribution in [2.75, 3.05) is 20.1 Å². The monoisotopic (exact) mass is 242 g/mol. The van der Waals surface area contributed by atoms with E-state index in [1.165, 1.54) is 12.1 Å². The molecular weight excluding hydrogens is 222 g/mol. The summed E-state index contributed by atoms with van der Waals surface area (Å²) >= 11 is 0. The van der Waals surface area contributed by atoms with Crippen molar-refractivity contribution in [3.05, 3.63) is 35.9 Å². The number of halogens is 2. The lowest BCUT2D eigenvalue weighted by Crippen LogP contribution is -2.35. The molecule has 2 nitrogen and oxygen atoms in total. The predicted octanol–water partition coefficient (Wildman–Crippen LogP) is 2.45. The largest absolute Gasteiger partial charge is 0.328 e. The standard InChI is InChI=1S/C13H20F2N2/c1-11(16)8-9-17(2)10-13(14,15)12-6-4-3-5-7-12/h3-7,11H,8-10,16H2,1-2H3. The highest BCUT2D eigenvalue weighted by molar-refractivity contribution is 5.20. The quantitative estimate of drug-likeness (QED) is 0.830. The van der Waals surface area contributed by atoms with Crippen molar-refractivity contribution in [1.82, 2.24) is 4.90 Å². The summed E-state index contributed by atoms with van der Waals surface area (Å²) in [6.45, 7) is 2.19. The molecule has 0 saturated carbocycles. The Morgan fingerprint density at radius 1 is 1.29 bits per heavy atom. The van der Waals surface area contributed by atoms with E-state index in [-0.39, 0.29) is 18.2 Å². The smallest absolute Gasteiger partial charge is 0.285 e. The van der Waals surface area contributed by atoms with Gasteiger partial charge in [-0.25, -0.2) is 0 Å². The van der Waals surface area contributed by atoms with Crippen LogP contribution in [-0.4, -0.2) is 31.1 Å². The first-order chi connectivity index (χ1) is 7.92. The number of rotatable bonds is 6. The molecule has 0 aliphatic heterocycles. The topological polar surface area (TPSA) is 29.3 Å². The molecule has 0 aromatic heterocycles. The van der Waals surface area contributed by atoms with Crippen LogP contribution in [0.3, 0.4) is 0 Å². The van der Waals surface area contributed by atoms with Crippen LogP contribution in [0.2, 0.25) is 0 Å². The van der Waals surface area contributed by atoms with E-state index in [2.05, 4.69) is 0 Å². The molecule has 0 heterocycles. The van der Waals surface area contributed by atoms with Gasteiger partial charge in [0.25, 0.3) is 5.92 Å². The lowest BCUT2D eigenvalue weighted by Gasteiger charge is -2.24. The van der Waals surface area contributed by atoms with Crippen LogP contribution < -0.4 is 5.73 Å². The van der Waals surface area contributed by atoms with Crippen LogP contribution in [-0.2, 0) is 5.92 Å². The van der Waals surface area contributed by atoms with Crippen molar-refractivity contribution in [3.8, 4) is 0 Å². The maximum atomic E-state index is 13.9. The molecular formula is C13H20F2N2. The van der Waals surface area contributed by atoms with E-state index in [1.807, 2.05) is 6.92 Å². The van der Waals surface area contributed by atoms with Crippen molar-refractivity contribution in [2.45, 2.75) is 25.3 Å². The Bertz CT molecular complexity index is 325. The molecule has 4 heteroatoms. The van der Waals surface area contributed by atoms with Gasteiger partial charge in [-0.3, -0.25) is 0 Å². The molecule has 0 aliphatic carbocycles. The molecule has 0 bridgehead atoms. The van der Waals surface area contributed by atoms with Gasteiger partial charge in [0.05, 0.1) is 6.54 Å². The number of likely N-dealkylation sites (N-methyl/N-ethyl adjacent to an activating group) is 1. The zero-order valence-electron chi connectivity index (χ0n) is 10.4. The summed E-state index contributed by atoms with van der Waals surface area (Å²) in [5, 5.41) is 0. The van der Waals surface area contributed by atoms with Gasteiger partial charge < -0.3 is 10.6 Å². The third-order valence-corrected chi connectivity index (χ3v) is 2.63. The highest BCUT2D eigenvalue weighted by Gasteiger charge is 2.32. The maximum absolute atomic E-state index is 13.9. The molecule has 1 atom stereocenters. The van der Waals surface area contributed by atoms with Crippen LogP contribution in [0.1, 0.15) is 18.9 Å². The molecule has 1 rings (SSSR count). The van der Waals surface area contributed by atoms with Gasteiger partial charge in [-0.05, 0) is 26.9 Å². The van der Waals surface area contributed by atoms with Crippen molar-refractivity contribution in [2.24, 2.45) is 5.73 Å². The van der Waals surface area contributed by atoms with Crippen LogP contribution >= 0.6 is 0 Å². The Hall–Kier alpha value is -1.00. The van der Waals surface area contributed by atoms with E-state index in [0.717, 1.165) is 6.42 Å². The van der Waals surface area contributed by atoms with E-state index in [4.69, 9.17) is 5.73 Å². The summed E-state index contributed by atoms with van der Waals surface area (Å²) < 4.78 is 27.7. The second-order valence-electron chi connectivity index (χ2n) is 4.57. The predicted molar refractivity (Wildman–Crippen MR) is 66.1 cm³/mol. The zero-order chi connectivity index (χ0) is 12.9. The Morgan fingerprint density at radius 3 is 2.41 bits per heavy atom. The summed E-state index contributed by atoms with van der Waals surface area (Å²) in [4.78, 5) is 1.62. The molecule has 0 spiro atoms. The first-order valence-electron chi connectivity index (χ1n) is 5.79. The molecule has 1 aromatic carbocycles. The van der Waals surface area contributed by atoms with Crippen LogP contribution in [0, 0.1) is 0 Å². The Morgan fingerprint density at radius 2 is 1.88 bits per heavy atom. The van der Waals surface area contributed by atoms with Crippen LogP contribution in [0.25, 0.3) is 0 Å². The lowest BCUT2D eigenvalue weighted by molar-refractivity contribution is -0.0324. The Balaban J connectivity index is 2.54. The fourth-order valence-electron chi connectivity index (χ4n) is 1.62. The van der Waals surface area contributed by atoms with E-state index < -0.39 is 5.92 Å². The van der Waals surface area contributed by atoms with Crippen molar-refractivity contribution in [3.63, 3.8) is 0 Å². The van der Waals surface area contributed by atoms with Crippen molar-refractivity contribution < 1.29 is 8.78 Å². The first kappa shape index (κ1) is 14.1. The lowest BCUT2D eigenvalue weighted by atomic mass is 10.1. The molecule has 0 aliphatic rings. The van der Waals surface area contributed by atoms with E-state index in [0.29, 0.717) is 6.54 Å². The van der Waals surface area contributed by atoms with Crippen molar-refractivity contribution >= 4 is 0 Å². The number of benzene rings is 1. The number of nitrogens with zero attached hydrogens (tertiary/aromatic N) is 1. The Kier molecular flexibility index (Phi) is 5.02. The fraction of sp³-hybridized carbons (Fsp3) is 0.538. The van der Waals surface area contributed by atoms with Crippen LogP contribution in [0.4, 0.5) is 8.78 Å². The van der Waals surface area contributed by atoms with Gasteiger partial charge in [0.2, 0.25) is 0 Å². The molecule has 0 amide bonds. The number of nitrogens with two attached hydrogens (primary N) is 1. The summed E-state index contributed by atoms with van der Waals surface area (Å²) in [6, 6.07) is 7.96. The average molecular weight is 242 g/mol. The number of alkyl halides is 2. The Labute approximate surface area is 101 Å². The van der Waals surface area contributed by atoms with Gasteiger partial charge in [-0.15, -0.1) is 0 Å². The minimum Gasteiger partial charge on any atom is -0.328 e. The third kappa shape index (κ3) is 4.79. The summed E-state index contributed by atoms with van der Waals surface area (Å²) in [7, 11) is 1.69. The summed E-state index contributed by atoms with van der Waals surface area (Å²) in [6.07, 6.45) is 0.724. The van der Waals surface area contributed by atoms with E-state index >= 15 is 0 Å². The molecule has 17 heavy (non-hydrogen) atoms. The van der Waals surface area contributed by atoms with Gasteiger partial charge in [-0.1, -0.05) is 30.3 Å². The zero-order valence-corrected chi connectivity index (χ0v) is 10.4. The van der Waals surface area contributed by atoms with E-state index in [9.17, 15) is 8.78 Å². The highest BCUT2D eigenvalue weighted by Crippen LogP contribution is 2.28. The summed E-state index contributed by atoms with van der Waals surface area (Å²) in [5.41, 5.74) is 5.66. The second kappa shape index (κ2) is 6.07. The fourth-order valence-corrected chi connectivity index (χ4v) is 1.62. The second-order valence-corrected chi connectivity index (χ2v) is 4.57. The number of hydrogen-bond acceptors (Lipinski definition) is 2. The molecule has 0 fully saturated rings. The molecule has 0 saturated heterocycles. The minimum absolute atomic E-state index is 0.0443. The maximum Gasteiger partial charge on any atom is 0.285 e. The van der Waals surface area contributed by atoms with Gasteiger partial charge in [-0.2, -0.15) is 8.78 Å². The third-order valence-electron chi connectivity index (χ3n) is 2.63. The van der Waals surface area contributed by atoms with Gasteiger partial charge in [0.15, 0.2) is 0 Å². The normalized spacial score (nSPS) is 14.0. The van der Waals surface area contributed by atoms with E-state index in [1.54, 1.807) is 30.1 Å². The van der Waals surface area contributed by atoms with Crippen LogP contribution in [0.15, 0.2) is 30.3 Å². The van der Waals surface area contributed by atoms with Gasteiger partial charge >= 0.3 is 0 Å². The minimum atomic E-state index is -2.81. The molecule has 2 N–H and O–H groups in total. The number of hydrogen-bond donors (Lipinski definition) is 1.